The summed E-state index contributed by atoms with van der Waals surface area (Å²) in [6, 6.07) is 7.09. The van der Waals surface area contributed by atoms with Crippen LogP contribution in [0, 0.1) is 0 Å². The second-order valence-corrected chi connectivity index (χ2v) is 5.02. The lowest BCUT2D eigenvalue weighted by atomic mass is 10.1. The molecule has 2 nitrogen and oxygen atoms in total. The minimum Gasteiger partial charge on any atom is -0.218 e. The second kappa shape index (κ2) is 4.88. The van der Waals surface area contributed by atoms with Gasteiger partial charge in [-0.3, -0.25) is 0 Å². The Kier molecular flexibility index (Phi) is 3.70. The number of hydrogen-bond acceptors (Lipinski definition) is 2. The minimum absolute atomic E-state index is 0.0986. The molecular weight excluding hydrogens is 334 g/mol. The summed E-state index contributed by atoms with van der Waals surface area (Å²) in [4.78, 5) is 7.84. The third kappa shape index (κ3) is 2.66. The van der Waals surface area contributed by atoms with E-state index in [1.807, 2.05) is 12.1 Å². The summed E-state index contributed by atoms with van der Waals surface area (Å²) in [5, 5.41) is 0.954. The van der Waals surface area contributed by atoms with E-state index in [-0.39, 0.29) is 10.4 Å². The molecule has 0 aliphatic carbocycles. The zero-order valence-electron chi connectivity index (χ0n) is 7.72. The molecule has 0 spiro atoms. The van der Waals surface area contributed by atoms with Gasteiger partial charge in [-0.15, -0.1) is 0 Å². The number of halogens is 4. The Morgan fingerprint density at radius 3 is 2.38 bits per heavy atom. The quantitative estimate of drug-likeness (QED) is 0.548. The molecule has 16 heavy (non-hydrogen) atoms. The van der Waals surface area contributed by atoms with Gasteiger partial charge in [0.2, 0.25) is 5.28 Å². The lowest BCUT2D eigenvalue weighted by Gasteiger charge is -2.04. The molecule has 1 aromatic carbocycles. The smallest absolute Gasteiger partial charge is 0.218 e. The predicted octanol–water partition coefficient (Wildman–Crippen LogP) is 4.87. The summed E-state index contributed by atoms with van der Waals surface area (Å²) in [5.74, 6) is 0. The standard InChI is InChI=1S/C10H4BrCl3N2/c11-5-1-2-6(7(12)3-5)8-4-9(13)16-10(14)15-8/h1-4H. The van der Waals surface area contributed by atoms with E-state index < -0.39 is 0 Å². The maximum absolute atomic E-state index is 6.09. The highest BCUT2D eigenvalue weighted by Gasteiger charge is 2.08. The van der Waals surface area contributed by atoms with Crippen molar-refractivity contribution in [2.24, 2.45) is 0 Å². The molecule has 1 heterocycles. The van der Waals surface area contributed by atoms with Crippen LogP contribution >= 0.6 is 50.7 Å². The van der Waals surface area contributed by atoms with Crippen LogP contribution in [0.5, 0.6) is 0 Å². The van der Waals surface area contributed by atoms with Crippen molar-refractivity contribution in [1.82, 2.24) is 9.97 Å². The van der Waals surface area contributed by atoms with Gasteiger partial charge in [0.1, 0.15) is 5.15 Å². The average molecular weight is 338 g/mol. The van der Waals surface area contributed by atoms with Crippen LogP contribution in [0.2, 0.25) is 15.5 Å². The van der Waals surface area contributed by atoms with Crippen molar-refractivity contribution < 1.29 is 0 Å². The number of rotatable bonds is 1. The Morgan fingerprint density at radius 1 is 1.00 bits per heavy atom. The van der Waals surface area contributed by atoms with Crippen molar-refractivity contribution in [3.8, 4) is 11.3 Å². The number of nitrogens with zero attached hydrogens (tertiary/aromatic N) is 2. The minimum atomic E-state index is 0.0986. The monoisotopic (exact) mass is 336 g/mol. The summed E-state index contributed by atoms with van der Waals surface area (Å²) < 4.78 is 0.896. The molecule has 0 N–H and O–H groups in total. The molecule has 0 radical (unpaired) electrons. The fraction of sp³-hybridized carbons (Fsp3) is 0. The second-order valence-electron chi connectivity index (χ2n) is 2.97. The predicted molar refractivity (Wildman–Crippen MR) is 70.2 cm³/mol. The van der Waals surface area contributed by atoms with Crippen LogP contribution in [-0.4, -0.2) is 9.97 Å². The number of hydrogen-bond donors (Lipinski definition) is 0. The molecule has 0 saturated carbocycles. The molecule has 2 aromatic rings. The van der Waals surface area contributed by atoms with Crippen molar-refractivity contribution in [2.45, 2.75) is 0 Å². The fourth-order valence-electron chi connectivity index (χ4n) is 1.23. The summed E-state index contributed by atoms with van der Waals surface area (Å²) in [5.41, 5.74) is 1.36. The molecular formula is C10H4BrCl3N2. The maximum Gasteiger partial charge on any atom is 0.224 e. The van der Waals surface area contributed by atoms with Crippen LogP contribution in [-0.2, 0) is 0 Å². The normalized spacial score (nSPS) is 10.5. The van der Waals surface area contributed by atoms with Gasteiger partial charge in [0.05, 0.1) is 10.7 Å². The first-order valence-electron chi connectivity index (χ1n) is 4.22. The van der Waals surface area contributed by atoms with Gasteiger partial charge in [-0.25, -0.2) is 9.97 Å². The summed E-state index contributed by atoms with van der Waals surface area (Å²) in [6.07, 6.45) is 0. The van der Waals surface area contributed by atoms with E-state index in [0.717, 1.165) is 10.0 Å². The zero-order valence-corrected chi connectivity index (χ0v) is 11.6. The highest BCUT2D eigenvalue weighted by Crippen LogP contribution is 2.30. The van der Waals surface area contributed by atoms with Gasteiger partial charge in [-0.2, -0.15) is 0 Å². The van der Waals surface area contributed by atoms with E-state index in [9.17, 15) is 0 Å². The van der Waals surface area contributed by atoms with E-state index in [4.69, 9.17) is 34.8 Å². The third-order valence-electron chi connectivity index (χ3n) is 1.87. The van der Waals surface area contributed by atoms with Gasteiger partial charge in [0.25, 0.3) is 0 Å². The van der Waals surface area contributed by atoms with Crippen LogP contribution in [0.1, 0.15) is 0 Å². The van der Waals surface area contributed by atoms with E-state index in [1.54, 1.807) is 12.1 Å². The first-order chi connectivity index (χ1) is 7.56. The van der Waals surface area contributed by atoms with Gasteiger partial charge in [0, 0.05) is 16.1 Å². The molecule has 6 heteroatoms. The van der Waals surface area contributed by atoms with Crippen molar-refractivity contribution in [3.05, 3.63) is 44.2 Å². The highest BCUT2D eigenvalue weighted by molar-refractivity contribution is 9.10. The Labute approximate surface area is 116 Å². The molecule has 0 atom stereocenters. The first-order valence-corrected chi connectivity index (χ1v) is 6.14. The van der Waals surface area contributed by atoms with E-state index in [2.05, 4.69) is 25.9 Å². The molecule has 0 saturated heterocycles. The SMILES string of the molecule is Clc1cc(-c2ccc(Br)cc2Cl)nc(Cl)n1. The first kappa shape index (κ1) is 12.1. The van der Waals surface area contributed by atoms with E-state index in [1.165, 1.54) is 0 Å². The van der Waals surface area contributed by atoms with Crippen LogP contribution in [0.3, 0.4) is 0 Å². The van der Waals surface area contributed by atoms with E-state index in [0.29, 0.717) is 10.7 Å². The summed E-state index contributed by atoms with van der Waals surface area (Å²) >= 11 is 20.9. The lowest BCUT2D eigenvalue weighted by molar-refractivity contribution is 1.17. The van der Waals surface area contributed by atoms with Gasteiger partial charge in [-0.05, 0) is 23.7 Å². The molecule has 0 aliphatic heterocycles. The molecule has 0 fully saturated rings. The molecule has 1 aromatic heterocycles. The largest absolute Gasteiger partial charge is 0.224 e. The number of aromatic nitrogens is 2. The Bertz CT molecular complexity index is 525. The van der Waals surface area contributed by atoms with Crippen LogP contribution in [0.25, 0.3) is 11.3 Å². The van der Waals surface area contributed by atoms with Gasteiger partial charge in [0.15, 0.2) is 0 Å². The maximum atomic E-state index is 6.09. The van der Waals surface area contributed by atoms with Crippen molar-refractivity contribution in [2.75, 3.05) is 0 Å². The highest BCUT2D eigenvalue weighted by atomic mass is 79.9. The molecule has 0 unspecified atom stereocenters. The van der Waals surface area contributed by atoms with E-state index >= 15 is 0 Å². The van der Waals surface area contributed by atoms with Crippen LogP contribution < -0.4 is 0 Å². The molecule has 2 rings (SSSR count). The van der Waals surface area contributed by atoms with Crippen molar-refractivity contribution in [3.63, 3.8) is 0 Å². The van der Waals surface area contributed by atoms with Gasteiger partial charge >= 0.3 is 0 Å². The van der Waals surface area contributed by atoms with Crippen molar-refractivity contribution in [1.29, 1.82) is 0 Å². The molecule has 82 valence electrons. The van der Waals surface area contributed by atoms with Crippen LogP contribution in [0.15, 0.2) is 28.7 Å². The molecule has 0 bridgehead atoms. The Hall–Kier alpha value is -0.350. The molecule has 0 aliphatic rings. The summed E-state index contributed by atoms with van der Waals surface area (Å²) in [7, 11) is 0. The topological polar surface area (TPSA) is 25.8 Å². The lowest BCUT2D eigenvalue weighted by Crippen LogP contribution is -1.89. The Morgan fingerprint density at radius 2 is 1.75 bits per heavy atom. The average Bonchev–Trinajstić information content (AvgIpc) is 2.15. The zero-order chi connectivity index (χ0) is 11.7. The fourth-order valence-corrected chi connectivity index (χ4v) is 2.40. The summed E-state index contributed by atoms with van der Waals surface area (Å²) in [6.45, 7) is 0. The third-order valence-corrected chi connectivity index (χ3v) is 3.04. The molecule has 0 amide bonds. The van der Waals surface area contributed by atoms with Crippen molar-refractivity contribution >= 4 is 50.7 Å². The van der Waals surface area contributed by atoms with Crippen LogP contribution in [0.4, 0.5) is 0 Å². The Balaban J connectivity index is 2.58. The number of benzene rings is 1. The van der Waals surface area contributed by atoms with Gasteiger partial charge in [-0.1, -0.05) is 45.2 Å². The van der Waals surface area contributed by atoms with Gasteiger partial charge < -0.3 is 0 Å².